The Hall–Kier alpha value is -1.71. The molecular formula is C19H24ClNO2. The number of methoxy groups -OCH3 is 1. The van der Waals surface area contributed by atoms with Crippen molar-refractivity contribution in [3.05, 3.63) is 47.5 Å². The van der Waals surface area contributed by atoms with Crippen molar-refractivity contribution in [1.82, 2.24) is 5.32 Å². The van der Waals surface area contributed by atoms with E-state index in [0.717, 1.165) is 37.4 Å². The lowest BCUT2D eigenvalue weighted by Gasteiger charge is -2.25. The molecule has 0 bridgehead atoms. The molecule has 0 unspecified atom stereocenters. The summed E-state index contributed by atoms with van der Waals surface area (Å²) in [4.78, 5) is 0. The summed E-state index contributed by atoms with van der Waals surface area (Å²) >= 11 is 0. The first kappa shape index (κ1) is 17.6. The Morgan fingerprint density at radius 3 is 2.74 bits per heavy atom. The first-order valence-electron chi connectivity index (χ1n) is 7.96. The largest absolute Gasteiger partial charge is 0.493 e. The second-order valence-corrected chi connectivity index (χ2v) is 5.58. The fourth-order valence-electron chi connectivity index (χ4n) is 2.98. The van der Waals surface area contributed by atoms with E-state index >= 15 is 0 Å². The predicted octanol–water partition coefficient (Wildman–Crippen LogP) is 4.22. The first-order chi connectivity index (χ1) is 10.8. The van der Waals surface area contributed by atoms with E-state index in [4.69, 9.17) is 9.47 Å². The molecule has 3 rings (SSSR count). The van der Waals surface area contributed by atoms with Crippen LogP contribution in [0, 0.1) is 0 Å². The van der Waals surface area contributed by atoms with Gasteiger partial charge < -0.3 is 14.8 Å². The number of hydrogen-bond acceptors (Lipinski definition) is 3. The van der Waals surface area contributed by atoms with Crippen molar-refractivity contribution < 1.29 is 9.47 Å². The van der Waals surface area contributed by atoms with Gasteiger partial charge in [0.2, 0.25) is 0 Å². The first-order valence-corrected chi connectivity index (χ1v) is 7.96. The maximum absolute atomic E-state index is 5.99. The number of hydrogen-bond donors (Lipinski definition) is 1. The van der Waals surface area contributed by atoms with Crippen LogP contribution in [-0.4, -0.2) is 20.2 Å². The van der Waals surface area contributed by atoms with Gasteiger partial charge in [-0.15, -0.1) is 12.4 Å². The summed E-state index contributed by atoms with van der Waals surface area (Å²) in [5.74, 6) is 1.70. The Bertz CT molecular complexity index is 658. The summed E-state index contributed by atoms with van der Waals surface area (Å²) in [6.07, 6.45) is 2.15. The van der Waals surface area contributed by atoms with Crippen LogP contribution in [0.4, 0.5) is 0 Å². The van der Waals surface area contributed by atoms with Crippen molar-refractivity contribution >= 4 is 12.4 Å². The number of fused-ring (bicyclic) bond motifs is 3. The summed E-state index contributed by atoms with van der Waals surface area (Å²) in [6.45, 7) is 4.84. The van der Waals surface area contributed by atoms with Gasteiger partial charge in [-0.2, -0.15) is 0 Å². The standard InChI is InChI=1S/C19H23NO2.ClH/c1-3-11-20-12-10-14-8-9-17(21-2)19-18(14)16-7-5-4-6-15(16)13-22-19;/h4-9,20H,3,10-13H2,1-2H3;1H. The minimum absolute atomic E-state index is 0. The molecule has 1 N–H and O–H groups in total. The summed E-state index contributed by atoms with van der Waals surface area (Å²) < 4.78 is 11.5. The second-order valence-electron chi connectivity index (χ2n) is 5.58. The Morgan fingerprint density at radius 1 is 1.13 bits per heavy atom. The van der Waals surface area contributed by atoms with Crippen LogP contribution in [0.15, 0.2) is 36.4 Å². The highest BCUT2D eigenvalue weighted by molar-refractivity contribution is 5.85. The zero-order chi connectivity index (χ0) is 15.4. The van der Waals surface area contributed by atoms with E-state index in [0.29, 0.717) is 6.61 Å². The number of benzene rings is 2. The minimum Gasteiger partial charge on any atom is -0.493 e. The lowest BCUT2D eigenvalue weighted by Crippen LogP contribution is -2.18. The predicted molar refractivity (Wildman–Crippen MR) is 96.9 cm³/mol. The molecule has 2 aromatic rings. The average Bonchev–Trinajstić information content (AvgIpc) is 2.58. The van der Waals surface area contributed by atoms with E-state index in [1.165, 1.54) is 22.3 Å². The highest BCUT2D eigenvalue weighted by Gasteiger charge is 2.23. The molecule has 23 heavy (non-hydrogen) atoms. The van der Waals surface area contributed by atoms with E-state index in [9.17, 15) is 0 Å². The van der Waals surface area contributed by atoms with Gasteiger partial charge in [0, 0.05) is 5.56 Å². The van der Waals surface area contributed by atoms with Crippen molar-refractivity contribution in [3.63, 3.8) is 0 Å². The van der Waals surface area contributed by atoms with Gasteiger partial charge in [0.05, 0.1) is 7.11 Å². The molecule has 0 aromatic heterocycles. The van der Waals surface area contributed by atoms with Gasteiger partial charge in [-0.05, 0) is 48.7 Å². The third-order valence-corrected chi connectivity index (χ3v) is 4.08. The zero-order valence-electron chi connectivity index (χ0n) is 13.7. The normalized spacial score (nSPS) is 11.7. The molecule has 3 nitrogen and oxygen atoms in total. The van der Waals surface area contributed by atoms with Crippen molar-refractivity contribution in [1.29, 1.82) is 0 Å². The summed E-state index contributed by atoms with van der Waals surface area (Å²) in [6, 6.07) is 12.6. The van der Waals surface area contributed by atoms with Crippen LogP contribution >= 0.6 is 12.4 Å². The average molecular weight is 334 g/mol. The third kappa shape index (κ3) is 3.62. The molecular weight excluding hydrogens is 310 g/mol. The Kier molecular flexibility index (Phi) is 6.31. The van der Waals surface area contributed by atoms with Gasteiger partial charge in [0.1, 0.15) is 6.61 Å². The highest BCUT2D eigenvalue weighted by Crippen LogP contribution is 2.45. The molecule has 0 spiro atoms. The van der Waals surface area contributed by atoms with E-state index in [2.05, 4.69) is 42.6 Å². The van der Waals surface area contributed by atoms with Gasteiger partial charge in [-0.1, -0.05) is 37.3 Å². The maximum atomic E-state index is 5.99. The molecule has 0 aliphatic carbocycles. The maximum Gasteiger partial charge on any atom is 0.169 e. The van der Waals surface area contributed by atoms with Gasteiger partial charge in [0.15, 0.2) is 11.5 Å². The second kappa shape index (κ2) is 8.23. The Balaban J connectivity index is 0.00000192. The number of halogens is 1. The Morgan fingerprint density at radius 2 is 1.96 bits per heavy atom. The van der Waals surface area contributed by atoms with Crippen LogP contribution in [0.5, 0.6) is 11.5 Å². The van der Waals surface area contributed by atoms with Crippen LogP contribution in [0.1, 0.15) is 24.5 Å². The van der Waals surface area contributed by atoms with Crippen LogP contribution in [-0.2, 0) is 13.0 Å². The summed E-state index contributed by atoms with van der Waals surface area (Å²) in [7, 11) is 1.70. The van der Waals surface area contributed by atoms with Crippen LogP contribution in [0.3, 0.4) is 0 Å². The number of ether oxygens (including phenoxy) is 2. The van der Waals surface area contributed by atoms with Gasteiger partial charge in [0.25, 0.3) is 0 Å². The smallest absolute Gasteiger partial charge is 0.169 e. The number of nitrogens with one attached hydrogen (secondary N) is 1. The monoisotopic (exact) mass is 333 g/mol. The number of rotatable bonds is 6. The SMILES string of the molecule is CCCNCCc1ccc(OC)c2c1-c1ccccc1CO2.Cl. The molecule has 1 aliphatic heterocycles. The van der Waals surface area contributed by atoms with Crippen molar-refractivity contribution in [3.8, 4) is 22.6 Å². The molecule has 0 saturated carbocycles. The molecule has 0 radical (unpaired) electrons. The molecule has 0 fully saturated rings. The summed E-state index contributed by atoms with van der Waals surface area (Å²) in [5.41, 5.74) is 5.02. The van der Waals surface area contributed by atoms with E-state index in [1.807, 2.05) is 6.07 Å². The minimum atomic E-state index is 0. The van der Waals surface area contributed by atoms with Crippen molar-refractivity contribution in [2.24, 2.45) is 0 Å². The topological polar surface area (TPSA) is 30.5 Å². The molecule has 1 aliphatic rings. The van der Waals surface area contributed by atoms with Crippen LogP contribution in [0.25, 0.3) is 11.1 Å². The lowest BCUT2D eigenvalue weighted by molar-refractivity contribution is 0.281. The molecule has 2 aromatic carbocycles. The van der Waals surface area contributed by atoms with E-state index in [1.54, 1.807) is 7.11 Å². The molecule has 1 heterocycles. The lowest BCUT2D eigenvalue weighted by atomic mass is 9.91. The molecule has 124 valence electrons. The van der Waals surface area contributed by atoms with Crippen molar-refractivity contribution in [2.75, 3.05) is 20.2 Å². The molecule has 0 amide bonds. The van der Waals surface area contributed by atoms with Gasteiger partial charge in [-0.25, -0.2) is 0 Å². The molecule has 0 atom stereocenters. The summed E-state index contributed by atoms with van der Waals surface area (Å²) in [5, 5.41) is 3.47. The quantitative estimate of drug-likeness (QED) is 0.803. The van der Waals surface area contributed by atoms with Crippen molar-refractivity contribution in [2.45, 2.75) is 26.4 Å². The molecule has 4 heteroatoms. The fraction of sp³-hybridized carbons (Fsp3) is 0.368. The highest BCUT2D eigenvalue weighted by atomic mass is 35.5. The fourth-order valence-corrected chi connectivity index (χ4v) is 2.98. The van der Waals surface area contributed by atoms with E-state index < -0.39 is 0 Å². The van der Waals surface area contributed by atoms with Gasteiger partial charge in [-0.3, -0.25) is 0 Å². The molecule has 0 saturated heterocycles. The van der Waals surface area contributed by atoms with E-state index in [-0.39, 0.29) is 12.4 Å². The Labute approximate surface area is 144 Å². The van der Waals surface area contributed by atoms with Gasteiger partial charge >= 0.3 is 0 Å². The van der Waals surface area contributed by atoms with Crippen LogP contribution < -0.4 is 14.8 Å². The van der Waals surface area contributed by atoms with Crippen LogP contribution in [0.2, 0.25) is 0 Å². The zero-order valence-corrected chi connectivity index (χ0v) is 14.5. The third-order valence-electron chi connectivity index (χ3n) is 4.08.